The molecule has 0 saturated heterocycles. The van der Waals surface area contributed by atoms with Crippen LogP contribution in [0, 0.1) is 0 Å². The predicted molar refractivity (Wildman–Crippen MR) is 108 cm³/mol. The second kappa shape index (κ2) is 9.03. The highest BCUT2D eigenvalue weighted by atomic mass is 35.5. The molecule has 0 spiro atoms. The maximum absolute atomic E-state index is 12.3. The van der Waals surface area contributed by atoms with Gasteiger partial charge < -0.3 is 9.47 Å². The van der Waals surface area contributed by atoms with E-state index in [9.17, 15) is 9.59 Å². The molecule has 1 aromatic heterocycles. The molecule has 1 heterocycles. The molecule has 3 aromatic rings. The second-order valence-electron chi connectivity index (χ2n) is 5.85. The Bertz CT molecular complexity index is 1080. The summed E-state index contributed by atoms with van der Waals surface area (Å²) in [5.74, 6) is -0.283. The number of amides is 1. The molecule has 0 fully saturated rings. The number of benzene rings is 2. The van der Waals surface area contributed by atoms with Crippen LogP contribution in [-0.4, -0.2) is 35.0 Å². The van der Waals surface area contributed by atoms with E-state index in [2.05, 4.69) is 15.6 Å². The van der Waals surface area contributed by atoms with Gasteiger partial charge in [0.25, 0.3) is 5.91 Å². The van der Waals surface area contributed by atoms with E-state index < -0.39 is 11.9 Å². The lowest BCUT2D eigenvalue weighted by atomic mass is 10.2. The van der Waals surface area contributed by atoms with E-state index in [1.165, 1.54) is 30.3 Å². The van der Waals surface area contributed by atoms with Crippen LogP contribution < -0.4 is 14.9 Å². The highest BCUT2D eigenvalue weighted by Crippen LogP contribution is 2.22. The average Bonchev–Trinajstić information content (AvgIpc) is 3.14. The Hall–Kier alpha value is -3.65. The molecular weight excluding hydrogens is 396 g/mol. The molecule has 0 radical (unpaired) electrons. The molecule has 1 N–H and O–H groups in total. The standard InChI is InChI=1S/C20H17ClN4O4/c1-25-17(8-9-23-25)20(27)29-15-5-3-4-13(10-15)12-22-24-19(26)16-11-14(21)6-7-18(16)28-2/h3-12H,1-2H3,(H,24,26)/b22-12-. The number of hydrazone groups is 1. The Kier molecular flexibility index (Phi) is 6.25. The summed E-state index contributed by atoms with van der Waals surface area (Å²) in [6.45, 7) is 0. The Labute approximate surface area is 171 Å². The predicted octanol–water partition coefficient (Wildman–Crippen LogP) is 3.07. The molecular formula is C20H17ClN4O4. The number of aryl methyl sites for hydroxylation is 1. The van der Waals surface area contributed by atoms with Crippen LogP contribution in [0.25, 0.3) is 0 Å². The Morgan fingerprint density at radius 3 is 2.76 bits per heavy atom. The largest absolute Gasteiger partial charge is 0.496 e. The molecule has 0 aliphatic carbocycles. The number of nitrogens with zero attached hydrogens (tertiary/aromatic N) is 3. The normalized spacial score (nSPS) is 10.7. The van der Waals surface area contributed by atoms with Crippen molar-refractivity contribution < 1.29 is 19.1 Å². The summed E-state index contributed by atoms with van der Waals surface area (Å²) in [7, 11) is 3.11. The van der Waals surface area contributed by atoms with Gasteiger partial charge in [-0.05, 0) is 42.0 Å². The molecule has 0 aliphatic rings. The first-order valence-electron chi connectivity index (χ1n) is 8.45. The third-order valence-electron chi connectivity index (χ3n) is 3.88. The first-order chi connectivity index (χ1) is 14.0. The number of ether oxygens (including phenoxy) is 2. The van der Waals surface area contributed by atoms with Crippen molar-refractivity contribution in [2.24, 2.45) is 12.1 Å². The smallest absolute Gasteiger partial charge is 0.361 e. The van der Waals surface area contributed by atoms with Gasteiger partial charge in [0.1, 0.15) is 17.2 Å². The van der Waals surface area contributed by atoms with Crippen molar-refractivity contribution in [2.45, 2.75) is 0 Å². The third kappa shape index (κ3) is 4.99. The number of carbonyl (C=O) groups excluding carboxylic acids is 2. The average molecular weight is 413 g/mol. The molecule has 0 unspecified atom stereocenters. The molecule has 148 valence electrons. The lowest BCUT2D eigenvalue weighted by molar-refractivity contribution is 0.0723. The topological polar surface area (TPSA) is 94.8 Å². The lowest BCUT2D eigenvalue weighted by Gasteiger charge is -2.07. The van der Waals surface area contributed by atoms with Crippen molar-refractivity contribution in [3.8, 4) is 11.5 Å². The SMILES string of the molecule is COc1ccc(Cl)cc1C(=O)N/N=C\c1cccc(OC(=O)c2ccnn2C)c1. The summed E-state index contributed by atoms with van der Waals surface area (Å²) < 4.78 is 11.9. The number of rotatable bonds is 6. The van der Waals surface area contributed by atoms with Gasteiger partial charge in [-0.1, -0.05) is 23.7 Å². The Morgan fingerprint density at radius 2 is 2.03 bits per heavy atom. The van der Waals surface area contributed by atoms with Gasteiger partial charge in [0.15, 0.2) is 0 Å². The molecule has 8 nitrogen and oxygen atoms in total. The van der Waals surface area contributed by atoms with Gasteiger partial charge in [-0.15, -0.1) is 0 Å². The number of esters is 1. The molecule has 1 amide bonds. The number of halogens is 1. The number of carbonyl (C=O) groups is 2. The summed E-state index contributed by atoms with van der Waals surface area (Å²) in [4.78, 5) is 24.5. The van der Waals surface area contributed by atoms with Gasteiger partial charge in [0.2, 0.25) is 0 Å². The number of methoxy groups -OCH3 is 1. The van der Waals surface area contributed by atoms with Crippen LogP contribution in [-0.2, 0) is 7.05 Å². The van der Waals surface area contributed by atoms with Crippen molar-refractivity contribution in [1.29, 1.82) is 0 Å². The van der Waals surface area contributed by atoms with Crippen molar-refractivity contribution in [1.82, 2.24) is 15.2 Å². The van der Waals surface area contributed by atoms with Gasteiger partial charge in [-0.2, -0.15) is 10.2 Å². The maximum Gasteiger partial charge on any atom is 0.361 e. The first kappa shape index (κ1) is 20.1. The molecule has 9 heteroatoms. The van der Waals surface area contributed by atoms with E-state index in [1.807, 2.05) is 0 Å². The summed E-state index contributed by atoms with van der Waals surface area (Å²) in [6, 6.07) is 13.0. The molecule has 3 rings (SSSR count). The summed E-state index contributed by atoms with van der Waals surface area (Å²) in [5, 5.41) is 8.27. The van der Waals surface area contributed by atoms with E-state index in [-0.39, 0.29) is 5.56 Å². The lowest BCUT2D eigenvalue weighted by Crippen LogP contribution is -2.18. The number of aromatic nitrogens is 2. The minimum absolute atomic E-state index is 0.260. The van der Waals surface area contributed by atoms with E-state index in [0.29, 0.717) is 27.8 Å². The highest BCUT2D eigenvalue weighted by Gasteiger charge is 2.13. The fraction of sp³-hybridized carbons (Fsp3) is 0.100. The monoisotopic (exact) mass is 412 g/mol. The minimum atomic E-state index is -0.527. The fourth-order valence-corrected chi connectivity index (χ4v) is 2.65. The summed E-state index contributed by atoms with van der Waals surface area (Å²) in [5.41, 5.74) is 3.62. The van der Waals surface area contributed by atoms with E-state index in [0.717, 1.165) is 0 Å². The highest BCUT2D eigenvalue weighted by molar-refractivity contribution is 6.31. The number of nitrogens with one attached hydrogen (secondary N) is 1. The number of hydrogen-bond donors (Lipinski definition) is 1. The van der Waals surface area contributed by atoms with Gasteiger partial charge in [-0.3, -0.25) is 9.48 Å². The molecule has 0 aliphatic heterocycles. The Morgan fingerprint density at radius 1 is 1.21 bits per heavy atom. The van der Waals surface area contributed by atoms with Crippen LogP contribution in [0.1, 0.15) is 26.4 Å². The molecule has 0 atom stereocenters. The van der Waals surface area contributed by atoms with Crippen molar-refractivity contribution in [2.75, 3.05) is 7.11 Å². The van der Waals surface area contributed by atoms with E-state index in [4.69, 9.17) is 21.1 Å². The zero-order valence-corrected chi connectivity index (χ0v) is 16.4. The van der Waals surface area contributed by atoms with Crippen LogP contribution in [0.15, 0.2) is 59.8 Å². The van der Waals surface area contributed by atoms with Crippen LogP contribution in [0.4, 0.5) is 0 Å². The summed E-state index contributed by atoms with van der Waals surface area (Å²) in [6.07, 6.45) is 2.94. The third-order valence-corrected chi connectivity index (χ3v) is 4.12. The molecule has 29 heavy (non-hydrogen) atoms. The van der Waals surface area contributed by atoms with Crippen LogP contribution in [0.2, 0.25) is 5.02 Å². The van der Waals surface area contributed by atoms with Crippen molar-refractivity contribution >= 4 is 29.7 Å². The van der Waals surface area contributed by atoms with E-state index in [1.54, 1.807) is 49.5 Å². The van der Waals surface area contributed by atoms with Crippen molar-refractivity contribution in [3.63, 3.8) is 0 Å². The summed E-state index contributed by atoms with van der Waals surface area (Å²) >= 11 is 5.93. The number of hydrogen-bond acceptors (Lipinski definition) is 6. The van der Waals surface area contributed by atoms with Crippen LogP contribution in [0.3, 0.4) is 0 Å². The van der Waals surface area contributed by atoms with Gasteiger partial charge in [0.05, 0.1) is 18.9 Å². The molecule has 0 bridgehead atoms. The first-order valence-corrected chi connectivity index (χ1v) is 8.83. The van der Waals surface area contributed by atoms with Gasteiger partial charge >= 0.3 is 5.97 Å². The second-order valence-corrected chi connectivity index (χ2v) is 6.28. The quantitative estimate of drug-likeness (QED) is 0.290. The Balaban J connectivity index is 1.66. The zero-order valence-electron chi connectivity index (χ0n) is 15.6. The maximum atomic E-state index is 12.3. The van der Waals surface area contributed by atoms with Crippen molar-refractivity contribution in [3.05, 3.63) is 76.6 Å². The van der Waals surface area contributed by atoms with Crippen LogP contribution in [0.5, 0.6) is 11.5 Å². The fourth-order valence-electron chi connectivity index (χ4n) is 2.48. The zero-order chi connectivity index (χ0) is 20.8. The molecule has 0 saturated carbocycles. The minimum Gasteiger partial charge on any atom is -0.496 e. The van der Waals surface area contributed by atoms with Gasteiger partial charge in [0, 0.05) is 18.3 Å². The van der Waals surface area contributed by atoms with E-state index >= 15 is 0 Å². The molecule has 2 aromatic carbocycles. The van der Waals surface area contributed by atoms with Crippen LogP contribution >= 0.6 is 11.6 Å². The van der Waals surface area contributed by atoms with Gasteiger partial charge in [-0.25, -0.2) is 10.2 Å².